The molecule has 130 valence electrons. The molecule has 1 aliphatic carbocycles. The van der Waals surface area contributed by atoms with Gasteiger partial charge in [0.1, 0.15) is 18.5 Å². The maximum Gasteiger partial charge on any atom is 0.338 e. The van der Waals surface area contributed by atoms with Gasteiger partial charge in [0.25, 0.3) is 0 Å². The van der Waals surface area contributed by atoms with E-state index in [-0.39, 0.29) is 12.1 Å². The molecule has 0 unspecified atom stereocenters. The van der Waals surface area contributed by atoms with Crippen LogP contribution < -0.4 is 4.74 Å². The highest BCUT2D eigenvalue weighted by molar-refractivity contribution is 5.93. The number of benzene rings is 1. The minimum atomic E-state index is -0.217. The van der Waals surface area contributed by atoms with Crippen LogP contribution in [0.4, 0.5) is 0 Å². The number of hydrogen-bond donors (Lipinski definition) is 0. The first-order chi connectivity index (χ1) is 11.5. The average molecular weight is 329 g/mol. The summed E-state index contributed by atoms with van der Waals surface area (Å²) in [6.45, 7) is 7.49. The Morgan fingerprint density at radius 2 is 2.12 bits per heavy atom. The summed E-state index contributed by atoms with van der Waals surface area (Å²) in [5, 5.41) is 0. The molecule has 0 N–H and O–H groups in total. The number of fused-ring (bicyclic) bond motifs is 1. The predicted octanol–water partition coefficient (Wildman–Crippen LogP) is 3.78. The molecule has 0 amide bonds. The first kappa shape index (κ1) is 15.9. The Hall–Kier alpha value is -1.55. The molecular formula is C20H27NO3. The Kier molecular flexibility index (Phi) is 4.03. The Bertz CT molecular complexity index is 640. The van der Waals surface area contributed by atoms with Crippen LogP contribution in [-0.2, 0) is 11.3 Å². The van der Waals surface area contributed by atoms with Gasteiger partial charge < -0.3 is 9.47 Å². The number of likely N-dealkylation sites (tertiary alicyclic amines) is 1. The van der Waals surface area contributed by atoms with Gasteiger partial charge in [-0.1, -0.05) is 13.8 Å². The molecule has 2 heterocycles. The normalized spacial score (nSPS) is 29.3. The fraction of sp³-hybridized carbons (Fsp3) is 0.650. The first-order valence-electron chi connectivity index (χ1n) is 9.23. The molecule has 1 aromatic carbocycles. The maximum absolute atomic E-state index is 11.6. The molecule has 2 atom stereocenters. The largest absolute Gasteiger partial charge is 0.489 e. The van der Waals surface area contributed by atoms with Crippen LogP contribution >= 0.6 is 0 Å². The van der Waals surface area contributed by atoms with Crippen LogP contribution in [-0.4, -0.2) is 36.1 Å². The number of cyclic esters (lactones) is 1. The zero-order chi connectivity index (χ0) is 16.7. The fourth-order valence-corrected chi connectivity index (χ4v) is 4.57. The lowest BCUT2D eigenvalue weighted by Crippen LogP contribution is -2.49. The van der Waals surface area contributed by atoms with E-state index in [9.17, 15) is 4.79 Å². The zero-order valence-electron chi connectivity index (χ0n) is 14.7. The molecule has 0 spiro atoms. The second-order valence-electron chi connectivity index (χ2n) is 8.29. The van der Waals surface area contributed by atoms with Crippen molar-refractivity contribution in [3.63, 3.8) is 0 Å². The van der Waals surface area contributed by atoms with Crippen LogP contribution in [0.25, 0.3) is 0 Å². The van der Waals surface area contributed by atoms with Gasteiger partial charge in [-0.2, -0.15) is 0 Å². The Morgan fingerprint density at radius 1 is 1.25 bits per heavy atom. The summed E-state index contributed by atoms with van der Waals surface area (Å²) in [4.78, 5) is 14.2. The summed E-state index contributed by atoms with van der Waals surface area (Å²) in [5.41, 5.74) is 2.05. The molecule has 0 bridgehead atoms. The van der Waals surface area contributed by atoms with E-state index in [1.165, 1.54) is 38.8 Å². The van der Waals surface area contributed by atoms with Crippen molar-refractivity contribution in [3.05, 3.63) is 29.3 Å². The number of ether oxygens (including phenoxy) is 2. The number of esters is 1. The molecule has 24 heavy (non-hydrogen) atoms. The minimum Gasteiger partial charge on any atom is -0.489 e. The van der Waals surface area contributed by atoms with Crippen molar-refractivity contribution in [1.29, 1.82) is 0 Å². The summed E-state index contributed by atoms with van der Waals surface area (Å²) in [6, 6.07) is 6.26. The van der Waals surface area contributed by atoms with Crippen molar-refractivity contribution in [2.24, 2.45) is 5.41 Å². The standard InChI is InChI=1S/C20H27NO3/c1-20(2)9-4-10-21(13-20)17-5-3-6-18(17)24-15-7-8-16-14(11-15)12-23-19(16)22/h7-8,11,17-18H,3-6,9-10,12-13H2,1-2H3/t17-,18-/m1/s1. The highest BCUT2D eigenvalue weighted by Gasteiger charge is 2.38. The summed E-state index contributed by atoms with van der Waals surface area (Å²) in [6.07, 6.45) is 6.45. The van der Waals surface area contributed by atoms with Crippen molar-refractivity contribution in [3.8, 4) is 5.75 Å². The SMILES string of the molecule is CC1(C)CCCN([C@@H]2CCC[C@H]2Oc2ccc3c(c2)COC3=O)C1. The first-order valence-corrected chi connectivity index (χ1v) is 9.23. The Morgan fingerprint density at radius 3 is 2.96 bits per heavy atom. The molecule has 1 saturated carbocycles. The lowest BCUT2D eigenvalue weighted by molar-refractivity contribution is 0.0317. The summed E-state index contributed by atoms with van der Waals surface area (Å²) >= 11 is 0. The molecule has 4 nitrogen and oxygen atoms in total. The molecule has 1 aromatic rings. The van der Waals surface area contributed by atoms with E-state index in [1.807, 2.05) is 18.2 Å². The van der Waals surface area contributed by atoms with E-state index in [0.29, 0.717) is 23.6 Å². The van der Waals surface area contributed by atoms with Crippen LogP contribution in [0.5, 0.6) is 5.75 Å². The number of carbonyl (C=O) groups excluding carboxylic acids is 1. The molecule has 1 saturated heterocycles. The van der Waals surface area contributed by atoms with Gasteiger partial charge in [0.2, 0.25) is 0 Å². The van der Waals surface area contributed by atoms with Crippen LogP contribution in [0.2, 0.25) is 0 Å². The van der Waals surface area contributed by atoms with Crippen LogP contribution in [0.3, 0.4) is 0 Å². The fourth-order valence-electron chi connectivity index (χ4n) is 4.57. The predicted molar refractivity (Wildman–Crippen MR) is 92.2 cm³/mol. The lowest BCUT2D eigenvalue weighted by Gasteiger charge is -2.42. The van der Waals surface area contributed by atoms with E-state index >= 15 is 0 Å². The van der Waals surface area contributed by atoms with Gasteiger partial charge in [-0.15, -0.1) is 0 Å². The van der Waals surface area contributed by atoms with Gasteiger partial charge in [0.05, 0.1) is 5.56 Å². The van der Waals surface area contributed by atoms with Crippen molar-refractivity contribution in [2.75, 3.05) is 13.1 Å². The summed E-state index contributed by atoms with van der Waals surface area (Å²) in [7, 11) is 0. The van der Waals surface area contributed by atoms with Crippen molar-refractivity contribution < 1.29 is 14.3 Å². The van der Waals surface area contributed by atoms with Gasteiger partial charge >= 0.3 is 5.97 Å². The number of hydrogen-bond acceptors (Lipinski definition) is 4. The molecule has 2 aliphatic heterocycles. The second-order valence-corrected chi connectivity index (χ2v) is 8.29. The third kappa shape index (κ3) is 3.04. The van der Waals surface area contributed by atoms with Crippen molar-refractivity contribution >= 4 is 5.97 Å². The monoisotopic (exact) mass is 329 g/mol. The van der Waals surface area contributed by atoms with Gasteiger partial charge in [-0.05, 0) is 62.3 Å². The number of nitrogens with zero attached hydrogens (tertiary/aromatic N) is 1. The van der Waals surface area contributed by atoms with E-state index < -0.39 is 0 Å². The third-order valence-electron chi connectivity index (χ3n) is 5.76. The highest BCUT2D eigenvalue weighted by Crippen LogP contribution is 2.36. The topological polar surface area (TPSA) is 38.8 Å². The Balaban J connectivity index is 1.47. The van der Waals surface area contributed by atoms with Gasteiger partial charge in [-0.3, -0.25) is 4.90 Å². The van der Waals surface area contributed by atoms with Crippen molar-refractivity contribution in [2.45, 2.75) is 64.7 Å². The number of piperidine rings is 1. The smallest absolute Gasteiger partial charge is 0.338 e. The third-order valence-corrected chi connectivity index (χ3v) is 5.76. The highest BCUT2D eigenvalue weighted by atomic mass is 16.5. The van der Waals surface area contributed by atoms with E-state index in [2.05, 4.69) is 18.7 Å². The van der Waals surface area contributed by atoms with E-state index in [4.69, 9.17) is 9.47 Å². The zero-order valence-corrected chi connectivity index (χ0v) is 14.7. The van der Waals surface area contributed by atoms with E-state index in [0.717, 1.165) is 17.7 Å². The molecule has 0 aromatic heterocycles. The molecule has 3 aliphatic rings. The number of carbonyl (C=O) groups is 1. The molecular weight excluding hydrogens is 302 g/mol. The molecule has 0 radical (unpaired) electrons. The van der Waals surface area contributed by atoms with Crippen LogP contribution in [0.1, 0.15) is 61.9 Å². The van der Waals surface area contributed by atoms with Crippen LogP contribution in [0, 0.1) is 5.41 Å². The summed E-state index contributed by atoms with van der Waals surface area (Å²) in [5.74, 6) is 0.658. The number of rotatable bonds is 3. The Labute approximate surface area is 144 Å². The van der Waals surface area contributed by atoms with Gasteiger partial charge in [0.15, 0.2) is 0 Å². The molecule has 2 fully saturated rings. The van der Waals surface area contributed by atoms with E-state index in [1.54, 1.807) is 0 Å². The quantitative estimate of drug-likeness (QED) is 0.791. The maximum atomic E-state index is 11.6. The molecule has 4 heteroatoms. The molecule has 4 rings (SSSR count). The van der Waals surface area contributed by atoms with Crippen molar-refractivity contribution in [1.82, 2.24) is 4.90 Å². The second kappa shape index (κ2) is 6.07. The minimum absolute atomic E-state index is 0.217. The van der Waals surface area contributed by atoms with Gasteiger partial charge in [0, 0.05) is 18.2 Å². The van der Waals surface area contributed by atoms with Crippen LogP contribution in [0.15, 0.2) is 18.2 Å². The lowest BCUT2D eigenvalue weighted by atomic mass is 9.83. The summed E-state index contributed by atoms with van der Waals surface area (Å²) < 4.78 is 11.4. The average Bonchev–Trinajstić information content (AvgIpc) is 3.14. The van der Waals surface area contributed by atoms with Gasteiger partial charge in [-0.25, -0.2) is 4.79 Å².